The first-order chi connectivity index (χ1) is 15.1. The molecule has 0 unspecified atom stereocenters. The number of methoxy groups -OCH3 is 2. The van der Waals surface area contributed by atoms with Crippen molar-refractivity contribution >= 4 is 11.6 Å². The van der Waals surface area contributed by atoms with Gasteiger partial charge in [0, 0.05) is 30.6 Å². The zero-order valence-electron chi connectivity index (χ0n) is 17.7. The van der Waals surface area contributed by atoms with Crippen molar-refractivity contribution in [3.05, 3.63) is 59.4 Å². The Morgan fingerprint density at radius 1 is 1.16 bits per heavy atom. The molecule has 0 saturated carbocycles. The lowest BCUT2D eigenvalue weighted by atomic mass is 9.97. The molecule has 2 aromatic rings. The van der Waals surface area contributed by atoms with Gasteiger partial charge in [0.25, 0.3) is 5.91 Å². The van der Waals surface area contributed by atoms with E-state index in [0.29, 0.717) is 55.5 Å². The van der Waals surface area contributed by atoms with E-state index in [1.807, 2.05) is 11.0 Å². The predicted molar refractivity (Wildman–Crippen MR) is 114 cm³/mol. The van der Waals surface area contributed by atoms with Gasteiger partial charge in [0.2, 0.25) is 0 Å². The highest BCUT2D eigenvalue weighted by atomic mass is 19.1. The maximum Gasteiger partial charge on any atom is 0.257 e. The van der Waals surface area contributed by atoms with Crippen molar-refractivity contribution in [2.45, 2.75) is 12.5 Å². The van der Waals surface area contributed by atoms with Gasteiger partial charge in [0.1, 0.15) is 17.3 Å². The molecule has 2 heterocycles. The molecule has 2 aliphatic heterocycles. The van der Waals surface area contributed by atoms with E-state index in [4.69, 9.17) is 14.2 Å². The molecule has 4 rings (SSSR count). The van der Waals surface area contributed by atoms with Crippen molar-refractivity contribution in [2.75, 3.05) is 47.1 Å². The van der Waals surface area contributed by atoms with Gasteiger partial charge in [-0.3, -0.25) is 9.69 Å². The van der Waals surface area contributed by atoms with Gasteiger partial charge in [0.05, 0.1) is 45.7 Å². The molecule has 1 atom stereocenters. The second-order valence-electron chi connectivity index (χ2n) is 7.48. The van der Waals surface area contributed by atoms with Gasteiger partial charge in [0.15, 0.2) is 0 Å². The molecule has 8 heteroatoms. The molecule has 1 amide bonds. The summed E-state index contributed by atoms with van der Waals surface area (Å²) in [6.07, 6.45) is 0.374. The summed E-state index contributed by atoms with van der Waals surface area (Å²) in [5.41, 5.74) is 1.70. The maximum absolute atomic E-state index is 14.5. The first kappa shape index (κ1) is 21.3. The van der Waals surface area contributed by atoms with Crippen molar-refractivity contribution in [3.8, 4) is 11.5 Å². The minimum atomic E-state index is -0.423. The Labute approximate surface area is 181 Å². The lowest BCUT2D eigenvalue weighted by molar-refractivity contribution is -0.135. The molecule has 0 bridgehead atoms. The van der Waals surface area contributed by atoms with Crippen LogP contribution >= 0.6 is 0 Å². The van der Waals surface area contributed by atoms with Gasteiger partial charge in [-0.2, -0.15) is 5.10 Å². The monoisotopic (exact) mass is 427 g/mol. The van der Waals surface area contributed by atoms with Gasteiger partial charge in [-0.25, -0.2) is 9.40 Å². The fraction of sp³-hybridized carbons (Fsp3) is 0.391. The summed E-state index contributed by atoms with van der Waals surface area (Å²) < 4.78 is 30.8. The van der Waals surface area contributed by atoms with Crippen molar-refractivity contribution in [3.63, 3.8) is 0 Å². The molecule has 0 aromatic heterocycles. The fourth-order valence-corrected chi connectivity index (χ4v) is 3.96. The Bertz CT molecular complexity index is 975. The van der Waals surface area contributed by atoms with Crippen LogP contribution in [0.15, 0.2) is 47.6 Å². The van der Waals surface area contributed by atoms with E-state index in [1.54, 1.807) is 44.6 Å². The van der Waals surface area contributed by atoms with Crippen molar-refractivity contribution in [1.82, 2.24) is 9.91 Å². The van der Waals surface area contributed by atoms with Gasteiger partial charge in [-0.1, -0.05) is 18.2 Å². The normalized spacial score (nSPS) is 19.3. The van der Waals surface area contributed by atoms with E-state index < -0.39 is 6.04 Å². The first-order valence-corrected chi connectivity index (χ1v) is 10.3. The summed E-state index contributed by atoms with van der Waals surface area (Å²) in [6.45, 7) is 2.81. The largest absolute Gasteiger partial charge is 0.497 e. The zero-order chi connectivity index (χ0) is 21.8. The third-order valence-electron chi connectivity index (χ3n) is 5.61. The number of carbonyl (C=O) groups is 1. The Morgan fingerprint density at radius 2 is 1.94 bits per heavy atom. The average molecular weight is 427 g/mol. The van der Waals surface area contributed by atoms with Crippen LogP contribution in [0.2, 0.25) is 0 Å². The molecule has 0 spiro atoms. The molecule has 0 aliphatic carbocycles. The Balaban J connectivity index is 1.69. The summed E-state index contributed by atoms with van der Waals surface area (Å²) in [5, 5.41) is 6.05. The molecule has 164 valence electrons. The number of ether oxygens (including phenoxy) is 3. The van der Waals surface area contributed by atoms with Gasteiger partial charge < -0.3 is 14.2 Å². The quantitative estimate of drug-likeness (QED) is 0.710. The second kappa shape index (κ2) is 9.45. The second-order valence-corrected chi connectivity index (χ2v) is 7.48. The van der Waals surface area contributed by atoms with Crippen LogP contribution < -0.4 is 9.47 Å². The summed E-state index contributed by atoms with van der Waals surface area (Å²) in [6, 6.07) is 11.5. The third kappa shape index (κ3) is 4.55. The minimum Gasteiger partial charge on any atom is -0.497 e. The Hall–Kier alpha value is -2.97. The van der Waals surface area contributed by atoms with Crippen LogP contribution in [-0.2, 0) is 9.53 Å². The first-order valence-electron chi connectivity index (χ1n) is 10.3. The standard InChI is InChI=1S/C23H26FN3O4/c1-29-16-7-8-22(30-2)18(13-16)21-14-20(17-5-3-4-6-19(17)24)25-27(21)23(28)15-26-9-11-31-12-10-26/h3-8,13,21H,9-12,14-15H2,1-2H3/t21-/m0/s1. The number of amides is 1. The van der Waals surface area contributed by atoms with Gasteiger partial charge >= 0.3 is 0 Å². The molecular formula is C23H26FN3O4. The lowest BCUT2D eigenvalue weighted by Crippen LogP contribution is -2.43. The molecule has 7 nitrogen and oxygen atoms in total. The lowest BCUT2D eigenvalue weighted by Gasteiger charge is -2.29. The summed E-state index contributed by atoms with van der Waals surface area (Å²) in [7, 11) is 3.17. The summed E-state index contributed by atoms with van der Waals surface area (Å²) >= 11 is 0. The van der Waals surface area contributed by atoms with Crippen LogP contribution in [0.25, 0.3) is 0 Å². The molecule has 2 aliphatic rings. The number of halogens is 1. The third-order valence-corrected chi connectivity index (χ3v) is 5.61. The SMILES string of the molecule is COc1ccc(OC)c([C@@H]2CC(c3ccccc3F)=NN2C(=O)CN2CCOCC2)c1. The van der Waals surface area contributed by atoms with Crippen molar-refractivity contribution < 1.29 is 23.4 Å². The molecular weight excluding hydrogens is 401 g/mol. The highest BCUT2D eigenvalue weighted by Gasteiger charge is 2.36. The van der Waals surface area contributed by atoms with E-state index in [2.05, 4.69) is 5.10 Å². The predicted octanol–water partition coefficient (Wildman–Crippen LogP) is 2.85. The number of hydrogen-bond donors (Lipinski definition) is 0. The molecule has 0 radical (unpaired) electrons. The van der Waals surface area contributed by atoms with Crippen molar-refractivity contribution in [2.24, 2.45) is 5.10 Å². The Kier molecular flexibility index (Phi) is 6.48. The van der Waals surface area contributed by atoms with Crippen LogP contribution in [-0.4, -0.2) is 68.6 Å². The summed E-state index contributed by atoms with van der Waals surface area (Å²) in [4.78, 5) is 15.3. The number of hydrogen-bond acceptors (Lipinski definition) is 6. The average Bonchev–Trinajstić information content (AvgIpc) is 3.25. The number of benzene rings is 2. The maximum atomic E-state index is 14.5. The highest BCUT2D eigenvalue weighted by Crippen LogP contribution is 2.39. The van der Waals surface area contributed by atoms with Gasteiger partial charge in [-0.15, -0.1) is 0 Å². The Morgan fingerprint density at radius 3 is 2.65 bits per heavy atom. The van der Waals surface area contributed by atoms with Crippen LogP contribution in [0.5, 0.6) is 11.5 Å². The van der Waals surface area contributed by atoms with E-state index in [-0.39, 0.29) is 18.3 Å². The molecule has 2 aromatic carbocycles. The van der Waals surface area contributed by atoms with Gasteiger partial charge in [-0.05, 0) is 24.3 Å². The van der Waals surface area contributed by atoms with E-state index in [1.165, 1.54) is 11.1 Å². The molecule has 31 heavy (non-hydrogen) atoms. The number of rotatable bonds is 6. The zero-order valence-corrected chi connectivity index (χ0v) is 17.7. The topological polar surface area (TPSA) is 63.6 Å². The van der Waals surface area contributed by atoms with Crippen LogP contribution in [0.1, 0.15) is 23.6 Å². The molecule has 1 saturated heterocycles. The van der Waals surface area contributed by atoms with E-state index in [9.17, 15) is 9.18 Å². The molecule has 1 fully saturated rings. The number of nitrogens with zero attached hydrogens (tertiary/aromatic N) is 3. The fourth-order valence-electron chi connectivity index (χ4n) is 3.96. The van der Waals surface area contributed by atoms with Crippen LogP contribution in [0.4, 0.5) is 4.39 Å². The minimum absolute atomic E-state index is 0.150. The van der Waals surface area contributed by atoms with E-state index >= 15 is 0 Å². The van der Waals surface area contributed by atoms with Crippen molar-refractivity contribution in [1.29, 1.82) is 0 Å². The number of carbonyl (C=O) groups excluding carboxylic acids is 1. The number of morpholine rings is 1. The van der Waals surface area contributed by atoms with Crippen LogP contribution in [0.3, 0.4) is 0 Å². The van der Waals surface area contributed by atoms with Crippen LogP contribution in [0, 0.1) is 5.82 Å². The number of hydrazone groups is 1. The molecule has 0 N–H and O–H groups in total. The van der Waals surface area contributed by atoms with E-state index in [0.717, 1.165) is 5.56 Å². The summed E-state index contributed by atoms with van der Waals surface area (Å²) in [5.74, 6) is 0.763. The smallest absolute Gasteiger partial charge is 0.257 e. The highest BCUT2D eigenvalue weighted by molar-refractivity contribution is 6.03.